The Hall–Kier alpha value is -3.10. The highest BCUT2D eigenvalue weighted by Crippen LogP contribution is 2.30. The smallest absolute Gasteiger partial charge is 0.257 e. The van der Waals surface area contributed by atoms with Gasteiger partial charge in [-0.3, -0.25) is 9.48 Å². The van der Waals surface area contributed by atoms with Gasteiger partial charge in [-0.05, 0) is 32.0 Å². The molecule has 5 rings (SSSR count). The van der Waals surface area contributed by atoms with Crippen molar-refractivity contribution in [1.82, 2.24) is 24.5 Å². The van der Waals surface area contributed by atoms with Crippen LogP contribution < -0.4 is 15.5 Å². The van der Waals surface area contributed by atoms with E-state index in [-0.39, 0.29) is 5.91 Å². The Kier molecular flexibility index (Phi) is 5.03. The van der Waals surface area contributed by atoms with Crippen LogP contribution >= 0.6 is 11.6 Å². The van der Waals surface area contributed by atoms with Crippen LogP contribution in [0.1, 0.15) is 23.0 Å². The fourth-order valence-corrected chi connectivity index (χ4v) is 4.37. The molecule has 1 aliphatic heterocycles. The summed E-state index contributed by atoms with van der Waals surface area (Å²) in [4.78, 5) is 20.0. The van der Waals surface area contributed by atoms with E-state index >= 15 is 0 Å². The molecule has 1 fully saturated rings. The first-order valence-electron chi connectivity index (χ1n) is 10.5. The fourth-order valence-electron chi connectivity index (χ4n) is 4.11. The largest absolute Gasteiger partial charge is 0.368 e. The number of anilines is 2. The van der Waals surface area contributed by atoms with Crippen LogP contribution in [-0.2, 0) is 6.54 Å². The normalized spacial score (nSPS) is 14.5. The molecule has 0 saturated carbocycles. The SMILES string of the molecule is CCn1cc2c(N3CCNCC3)ccc(C(=O)Nc3cc(Cl)c4nc(C)cn4c3)c2n1. The lowest BCUT2D eigenvalue weighted by atomic mass is 10.1. The Morgan fingerprint density at radius 2 is 2.03 bits per heavy atom. The van der Waals surface area contributed by atoms with Gasteiger partial charge in [-0.15, -0.1) is 0 Å². The first-order chi connectivity index (χ1) is 15.0. The number of amides is 1. The lowest BCUT2D eigenvalue weighted by molar-refractivity contribution is 0.102. The van der Waals surface area contributed by atoms with Crippen LogP contribution in [0.5, 0.6) is 0 Å². The number of hydrogen-bond acceptors (Lipinski definition) is 5. The van der Waals surface area contributed by atoms with Crippen molar-refractivity contribution in [3.63, 3.8) is 0 Å². The number of halogens is 1. The van der Waals surface area contributed by atoms with Crippen LogP contribution in [0.4, 0.5) is 11.4 Å². The number of nitrogens with zero attached hydrogens (tertiary/aromatic N) is 5. The zero-order valence-electron chi connectivity index (χ0n) is 17.5. The number of hydrogen-bond donors (Lipinski definition) is 2. The molecule has 1 saturated heterocycles. The van der Waals surface area contributed by atoms with Gasteiger partial charge in [-0.25, -0.2) is 4.98 Å². The van der Waals surface area contributed by atoms with E-state index in [0.29, 0.717) is 27.4 Å². The van der Waals surface area contributed by atoms with Crippen molar-refractivity contribution in [2.45, 2.75) is 20.4 Å². The average Bonchev–Trinajstić information content (AvgIpc) is 3.37. The minimum Gasteiger partial charge on any atom is -0.368 e. The molecule has 0 atom stereocenters. The summed E-state index contributed by atoms with van der Waals surface area (Å²) >= 11 is 6.37. The Labute approximate surface area is 184 Å². The Balaban J connectivity index is 1.52. The van der Waals surface area contributed by atoms with Crippen molar-refractivity contribution in [2.24, 2.45) is 0 Å². The zero-order chi connectivity index (χ0) is 21.5. The Morgan fingerprint density at radius 3 is 2.81 bits per heavy atom. The second kappa shape index (κ2) is 7.86. The number of carbonyl (C=O) groups is 1. The number of fused-ring (bicyclic) bond motifs is 2. The molecule has 9 heteroatoms. The number of rotatable bonds is 4. The van der Waals surface area contributed by atoms with Crippen molar-refractivity contribution < 1.29 is 4.79 Å². The van der Waals surface area contributed by atoms with Crippen LogP contribution in [0, 0.1) is 6.92 Å². The van der Waals surface area contributed by atoms with Crippen molar-refractivity contribution in [3.8, 4) is 0 Å². The van der Waals surface area contributed by atoms with Gasteiger partial charge in [0.05, 0.1) is 22.0 Å². The number of aromatic nitrogens is 4. The van der Waals surface area contributed by atoms with Crippen LogP contribution in [0.25, 0.3) is 16.6 Å². The molecular formula is C22H24ClN7O. The van der Waals surface area contributed by atoms with Crippen molar-refractivity contribution >= 4 is 45.4 Å². The minimum absolute atomic E-state index is 0.217. The molecule has 1 aliphatic rings. The Morgan fingerprint density at radius 1 is 1.23 bits per heavy atom. The molecular weight excluding hydrogens is 414 g/mol. The molecule has 3 aromatic heterocycles. The number of aryl methyl sites for hydroxylation is 2. The number of pyridine rings is 1. The van der Waals surface area contributed by atoms with Gasteiger partial charge in [0.2, 0.25) is 0 Å². The zero-order valence-corrected chi connectivity index (χ0v) is 18.3. The quantitative estimate of drug-likeness (QED) is 0.512. The summed E-state index contributed by atoms with van der Waals surface area (Å²) < 4.78 is 3.70. The summed E-state index contributed by atoms with van der Waals surface area (Å²) in [6.45, 7) is 8.44. The molecule has 4 aromatic rings. The van der Waals surface area contributed by atoms with Gasteiger partial charge in [0.25, 0.3) is 5.91 Å². The summed E-state index contributed by atoms with van der Waals surface area (Å²) in [5.41, 5.74) is 4.50. The lowest BCUT2D eigenvalue weighted by Crippen LogP contribution is -2.43. The summed E-state index contributed by atoms with van der Waals surface area (Å²) in [6.07, 6.45) is 5.72. The second-order valence-corrected chi connectivity index (χ2v) is 8.17. The molecule has 0 unspecified atom stereocenters. The van der Waals surface area contributed by atoms with E-state index in [9.17, 15) is 4.79 Å². The molecule has 1 amide bonds. The Bertz CT molecular complexity index is 1290. The third-order valence-corrected chi connectivity index (χ3v) is 5.89. The summed E-state index contributed by atoms with van der Waals surface area (Å²) in [5.74, 6) is -0.217. The fraction of sp³-hybridized carbons (Fsp3) is 0.318. The third kappa shape index (κ3) is 3.62. The molecule has 1 aromatic carbocycles. The van der Waals surface area contributed by atoms with Crippen molar-refractivity contribution in [2.75, 3.05) is 36.4 Å². The van der Waals surface area contributed by atoms with Gasteiger partial charge in [0.1, 0.15) is 5.52 Å². The standard InChI is InChI=1S/C22H24ClN7O/c1-3-30-13-17-19(28-8-6-24-7-9-28)5-4-16(20(17)27-30)22(31)26-15-10-18(23)21-25-14(2)11-29(21)12-15/h4-5,10-13,24H,3,6-9H2,1-2H3,(H,26,31). The van der Waals surface area contributed by atoms with Crippen LogP contribution in [0.15, 0.2) is 36.8 Å². The van der Waals surface area contributed by atoms with Crippen LogP contribution in [-0.4, -0.2) is 51.3 Å². The topological polar surface area (TPSA) is 79.5 Å². The average molecular weight is 438 g/mol. The molecule has 0 bridgehead atoms. The molecule has 0 aliphatic carbocycles. The van der Waals surface area contributed by atoms with Gasteiger partial charge in [-0.1, -0.05) is 11.6 Å². The van der Waals surface area contributed by atoms with E-state index in [1.165, 1.54) is 0 Å². The molecule has 2 N–H and O–H groups in total. The van der Waals surface area contributed by atoms with Crippen molar-refractivity contribution in [1.29, 1.82) is 0 Å². The number of piperazine rings is 1. The van der Waals surface area contributed by atoms with E-state index in [2.05, 4.69) is 20.5 Å². The van der Waals surface area contributed by atoms with Gasteiger partial charge < -0.3 is 19.9 Å². The highest BCUT2D eigenvalue weighted by atomic mass is 35.5. The molecule has 31 heavy (non-hydrogen) atoms. The van der Waals surface area contributed by atoms with E-state index in [1.807, 2.05) is 53.7 Å². The maximum absolute atomic E-state index is 13.2. The molecule has 4 heterocycles. The monoisotopic (exact) mass is 437 g/mol. The van der Waals surface area contributed by atoms with Crippen LogP contribution in [0.2, 0.25) is 5.02 Å². The predicted molar refractivity (Wildman–Crippen MR) is 123 cm³/mol. The van der Waals surface area contributed by atoms with Gasteiger partial charge in [0, 0.05) is 62.4 Å². The number of imidazole rings is 1. The first kappa shape index (κ1) is 19.8. The predicted octanol–water partition coefficient (Wildman–Crippen LogP) is 3.33. The van der Waals surface area contributed by atoms with Gasteiger partial charge >= 0.3 is 0 Å². The molecule has 8 nitrogen and oxygen atoms in total. The number of nitrogens with one attached hydrogen (secondary N) is 2. The van der Waals surface area contributed by atoms with E-state index < -0.39 is 0 Å². The molecule has 160 valence electrons. The van der Waals surface area contributed by atoms with Gasteiger partial charge in [-0.2, -0.15) is 5.10 Å². The first-order valence-corrected chi connectivity index (χ1v) is 10.8. The number of carbonyl (C=O) groups excluding carboxylic acids is 1. The highest BCUT2D eigenvalue weighted by Gasteiger charge is 2.20. The maximum Gasteiger partial charge on any atom is 0.257 e. The lowest BCUT2D eigenvalue weighted by Gasteiger charge is -2.30. The van der Waals surface area contributed by atoms with Crippen molar-refractivity contribution in [3.05, 3.63) is 53.1 Å². The summed E-state index contributed by atoms with van der Waals surface area (Å²) in [5, 5.41) is 12.5. The maximum atomic E-state index is 13.2. The van der Waals surface area contributed by atoms with Crippen LogP contribution in [0.3, 0.4) is 0 Å². The van der Waals surface area contributed by atoms with E-state index in [0.717, 1.165) is 49.5 Å². The minimum atomic E-state index is -0.217. The molecule has 0 radical (unpaired) electrons. The molecule has 0 spiro atoms. The third-order valence-electron chi connectivity index (χ3n) is 5.61. The summed E-state index contributed by atoms with van der Waals surface area (Å²) in [6, 6.07) is 5.61. The van der Waals surface area contributed by atoms with E-state index in [4.69, 9.17) is 16.7 Å². The number of benzene rings is 1. The van der Waals surface area contributed by atoms with Gasteiger partial charge in [0.15, 0.2) is 5.65 Å². The second-order valence-electron chi connectivity index (χ2n) is 7.76. The highest BCUT2D eigenvalue weighted by molar-refractivity contribution is 6.33. The van der Waals surface area contributed by atoms with E-state index in [1.54, 1.807) is 6.07 Å². The summed E-state index contributed by atoms with van der Waals surface area (Å²) in [7, 11) is 0.